The number of nitrogens with zero attached hydrogens (tertiary/aromatic N) is 2. The Bertz CT molecular complexity index is 622. The number of ether oxygens (including phenoxy) is 1. The van der Waals surface area contributed by atoms with E-state index in [1.165, 1.54) is 6.07 Å². The Kier molecular flexibility index (Phi) is 4.35. The van der Waals surface area contributed by atoms with E-state index in [9.17, 15) is 14.0 Å². The van der Waals surface area contributed by atoms with Crippen molar-refractivity contribution in [1.29, 1.82) is 0 Å². The van der Waals surface area contributed by atoms with Gasteiger partial charge in [0.05, 0.1) is 13.0 Å². The van der Waals surface area contributed by atoms with E-state index in [2.05, 4.69) is 0 Å². The highest BCUT2D eigenvalue weighted by Gasteiger charge is 2.43. The molecule has 1 aromatic rings. The Morgan fingerprint density at radius 3 is 2.91 bits per heavy atom. The fourth-order valence-electron chi connectivity index (χ4n) is 3.41. The molecule has 1 aromatic carbocycles. The monoisotopic (exact) mass is 320 g/mol. The molecule has 2 aliphatic heterocycles. The Hall–Kier alpha value is -1.95. The van der Waals surface area contributed by atoms with E-state index in [4.69, 9.17) is 4.74 Å². The van der Waals surface area contributed by atoms with Crippen LogP contribution in [0.4, 0.5) is 4.39 Å². The molecule has 3 rings (SSSR count). The molecule has 0 saturated carbocycles. The Morgan fingerprint density at radius 1 is 1.35 bits per heavy atom. The molecule has 0 radical (unpaired) electrons. The zero-order valence-corrected chi connectivity index (χ0v) is 13.3. The maximum Gasteiger partial charge on any atom is 0.248 e. The summed E-state index contributed by atoms with van der Waals surface area (Å²) in [6, 6.07) is 6.36. The maximum absolute atomic E-state index is 13.7. The molecule has 1 atom stereocenters. The Morgan fingerprint density at radius 2 is 2.13 bits per heavy atom. The van der Waals surface area contributed by atoms with Gasteiger partial charge in [0.1, 0.15) is 12.4 Å². The van der Waals surface area contributed by atoms with Gasteiger partial charge >= 0.3 is 0 Å². The minimum absolute atomic E-state index is 0.0296. The van der Waals surface area contributed by atoms with Gasteiger partial charge in [-0.05, 0) is 18.1 Å². The third kappa shape index (κ3) is 3.37. The highest BCUT2D eigenvalue weighted by atomic mass is 19.1. The number of hydrogen-bond donors (Lipinski definition) is 0. The summed E-state index contributed by atoms with van der Waals surface area (Å²) in [4.78, 5) is 27.6. The summed E-state index contributed by atoms with van der Waals surface area (Å²) >= 11 is 0. The fourth-order valence-corrected chi connectivity index (χ4v) is 3.41. The highest BCUT2D eigenvalue weighted by Crippen LogP contribution is 2.33. The van der Waals surface area contributed by atoms with E-state index in [0.717, 1.165) is 6.42 Å². The van der Waals surface area contributed by atoms with Gasteiger partial charge in [-0.3, -0.25) is 9.59 Å². The van der Waals surface area contributed by atoms with Gasteiger partial charge in [-0.2, -0.15) is 0 Å². The molecule has 23 heavy (non-hydrogen) atoms. The molecule has 2 aliphatic rings. The molecule has 2 amide bonds. The summed E-state index contributed by atoms with van der Waals surface area (Å²) in [5.74, 6) is -0.457. The van der Waals surface area contributed by atoms with E-state index in [-0.39, 0.29) is 36.1 Å². The summed E-state index contributed by atoms with van der Waals surface area (Å²) in [7, 11) is 1.77. The standard InChI is InChI=1S/C17H21FN2O3/c1-19-10-17(12-23-9-16(19)22)6-7-20(11-17)15(21)8-13-4-2-3-5-14(13)18/h2-5H,6-12H2,1H3. The molecule has 0 aromatic heterocycles. The van der Waals surface area contributed by atoms with Crippen LogP contribution >= 0.6 is 0 Å². The minimum Gasteiger partial charge on any atom is -0.371 e. The summed E-state index contributed by atoms with van der Waals surface area (Å²) in [5.41, 5.74) is 0.217. The van der Waals surface area contributed by atoms with Crippen molar-refractivity contribution < 1.29 is 18.7 Å². The molecule has 1 spiro atoms. The van der Waals surface area contributed by atoms with E-state index < -0.39 is 0 Å². The molecule has 0 aliphatic carbocycles. The van der Waals surface area contributed by atoms with Crippen LogP contribution in [0.2, 0.25) is 0 Å². The van der Waals surface area contributed by atoms with Crippen LogP contribution in [0.15, 0.2) is 24.3 Å². The van der Waals surface area contributed by atoms with Gasteiger partial charge in [0.15, 0.2) is 0 Å². The van der Waals surface area contributed by atoms with E-state index in [1.807, 2.05) is 0 Å². The van der Waals surface area contributed by atoms with Crippen molar-refractivity contribution in [2.75, 3.05) is 39.9 Å². The number of amides is 2. The summed E-state index contributed by atoms with van der Waals surface area (Å²) in [5, 5.41) is 0. The van der Waals surface area contributed by atoms with Crippen molar-refractivity contribution in [2.45, 2.75) is 12.8 Å². The van der Waals surface area contributed by atoms with E-state index in [0.29, 0.717) is 31.8 Å². The van der Waals surface area contributed by atoms with Gasteiger partial charge in [-0.1, -0.05) is 18.2 Å². The second kappa shape index (κ2) is 6.28. The van der Waals surface area contributed by atoms with Gasteiger partial charge in [0.25, 0.3) is 0 Å². The van der Waals surface area contributed by atoms with Crippen LogP contribution < -0.4 is 0 Å². The first-order valence-corrected chi connectivity index (χ1v) is 7.82. The summed E-state index contributed by atoms with van der Waals surface area (Å²) in [6.07, 6.45) is 0.867. The first kappa shape index (κ1) is 15.9. The number of benzene rings is 1. The quantitative estimate of drug-likeness (QED) is 0.819. The van der Waals surface area contributed by atoms with Gasteiger partial charge in [0, 0.05) is 32.1 Å². The SMILES string of the molecule is CN1CC2(CCN(C(=O)Cc3ccccc3F)C2)COCC1=O. The lowest BCUT2D eigenvalue weighted by molar-refractivity contribution is -0.132. The van der Waals surface area contributed by atoms with E-state index >= 15 is 0 Å². The van der Waals surface area contributed by atoms with Crippen LogP contribution in [-0.2, 0) is 20.7 Å². The van der Waals surface area contributed by atoms with Gasteiger partial charge in [-0.15, -0.1) is 0 Å². The van der Waals surface area contributed by atoms with Gasteiger partial charge < -0.3 is 14.5 Å². The average molecular weight is 320 g/mol. The van der Waals surface area contributed by atoms with Crippen LogP contribution in [0.3, 0.4) is 0 Å². The van der Waals surface area contributed by atoms with Crippen molar-refractivity contribution in [3.63, 3.8) is 0 Å². The zero-order chi connectivity index (χ0) is 16.4. The number of likely N-dealkylation sites (N-methyl/N-ethyl adjacent to an activating group) is 1. The molecule has 2 saturated heterocycles. The Balaban J connectivity index is 1.66. The number of likely N-dealkylation sites (tertiary alicyclic amines) is 1. The first-order valence-electron chi connectivity index (χ1n) is 7.82. The third-order valence-corrected chi connectivity index (χ3v) is 4.72. The molecular weight excluding hydrogens is 299 g/mol. The lowest BCUT2D eigenvalue weighted by atomic mass is 9.88. The molecule has 0 bridgehead atoms. The zero-order valence-electron chi connectivity index (χ0n) is 13.3. The average Bonchev–Trinajstić information content (AvgIpc) is 2.87. The van der Waals surface area contributed by atoms with Gasteiger partial charge in [-0.25, -0.2) is 4.39 Å². The minimum atomic E-state index is -0.349. The molecule has 124 valence electrons. The van der Waals surface area contributed by atoms with Crippen molar-refractivity contribution >= 4 is 11.8 Å². The van der Waals surface area contributed by atoms with Crippen LogP contribution in [-0.4, -0.2) is 61.5 Å². The number of halogens is 1. The fraction of sp³-hybridized carbons (Fsp3) is 0.529. The second-order valence-electron chi connectivity index (χ2n) is 6.58. The van der Waals surface area contributed by atoms with Crippen LogP contribution in [0.5, 0.6) is 0 Å². The number of hydrogen-bond acceptors (Lipinski definition) is 3. The lowest BCUT2D eigenvalue weighted by Gasteiger charge is -2.29. The number of carbonyl (C=O) groups is 2. The molecular formula is C17H21FN2O3. The van der Waals surface area contributed by atoms with Crippen molar-refractivity contribution in [2.24, 2.45) is 5.41 Å². The van der Waals surface area contributed by atoms with Crippen LogP contribution in [0, 0.1) is 11.2 Å². The predicted molar refractivity (Wildman–Crippen MR) is 82.2 cm³/mol. The highest BCUT2D eigenvalue weighted by molar-refractivity contribution is 5.79. The smallest absolute Gasteiger partial charge is 0.248 e. The largest absolute Gasteiger partial charge is 0.371 e. The van der Waals surface area contributed by atoms with Crippen LogP contribution in [0.1, 0.15) is 12.0 Å². The predicted octanol–water partition coefficient (Wildman–Crippen LogP) is 1.08. The lowest BCUT2D eigenvalue weighted by Crippen LogP contribution is -2.41. The molecule has 1 unspecified atom stereocenters. The molecule has 0 N–H and O–H groups in total. The summed E-state index contributed by atoms with van der Waals surface area (Å²) < 4.78 is 19.2. The number of carbonyl (C=O) groups excluding carboxylic acids is 2. The normalized spacial score (nSPS) is 25.0. The Labute approximate surface area is 135 Å². The van der Waals surface area contributed by atoms with E-state index in [1.54, 1.807) is 35.0 Å². The maximum atomic E-state index is 13.7. The topological polar surface area (TPSA) is 49.9 Å². The molecule has 5 nitrogen and oxygen atoms in total. The van der Waals surface area contributed by atoms with Crippen molar-refractivity contribution in [1.82, 2.24) is 9.80 Å². The summed E-state index contributed by atoms with van der Waals surface area (Å²) in [6.45, 7) is 2.35. The third-order valence-electron chi connectivity index (χ3n) is 4.72. The first-order chi connectivity index (χ1) is 11.0. The van der Waals surface area contributed by atoms with Crippen LogP contribution in [0.25, 0.3) is 0 Å². The molecule has 6 heteroatoms. The molecule has 2 fully saturated rings. The second-order valence-corrected chi connectivity index (χ2v) is 6.58. The number of rotatable bonds is 2. The van der Waals surface area contributed by atoms with Crippen molar-refractivity contribution in [3.8, 4) is 0 Å². The van der Waals surface area contributed by atoms with Crippen molar-refractivity contribution in [3.05, 3.63) is 35.6 Å². The van der Waals surface area contributed by atoms with Gasteiger partial charge in [0.2, 0.25) is 11.8 Å². The molecule has 2 heterocycles.